The molecule has 0 spiro atoms. The molecule has 27 heavy (non-hydrogen) atoms. The molecule has 5 nitrogen and oxygen atoms in total. The largest absolute Gasteiger partial charge is 0.384 e. The van der Waals surface area contributed by atoms with Gasteiger partial charge in [0.05, 0.1) is 0 Å². The Hall–Kier alpha value is -3.34. The summed E-state index contributed by atoms with van der Waals surface area (Å²) in [5, 5.41) is 3.05. The third-order valence-electron chi connectivity index (χ3n) is 4.87. The minimum atomic E-state index is -0.139. The first-order valence-corrected chi connectivity index (χ1v) is 9.21. The Bertz CT molecular complexity index is 972. The molecule has 1 aliphatic carbocycles. The van der Waals surface area contributed by atoms with E-state index in [1.807, 2.05) is 24.3 Å². The summed E-state index contributed by atoms with van der Waals surface area (Å²) in [5.74, 6) is 0.364. The van der Waals surface area contributed by atoms with E-state index in [9.17, 15) is 4.79 Å². The summed E-state index contributed by atoms with van der Waals surface area (Å²) >= 11 is 0. The average molecular weight is 358 g/mol. The average Bonchev–Trinajstić information content (AvgIpc) is 3.25. The van der Waals surface area contributed by atoms with Crippen molar-refractivity contribution in [1.29, 1.82) is 0 Å². The second-order valence-electron chi connectivity index (χ2n) is 6.75. The Morgan fingerprint density at radius 2 is 2.00 bits per heavy atom. The van der Waals surface area contributed by atoms with Gasteiger partial charge in [0.1, 0.15) is 11.5 Å². The van der Waals surface area contributed by atoms with Crippen LogP contribution in [0.5, 0.6) is 0 Å². The van der Waals surface area contributed by atoms with Crippen molar-refractivity contribution in [3.8, 4) is 11.1 Å². The quantitative estimate of drug-likeness (QED) is 0.622. The Balaban J connectivity index is 1.72. The molecule has 0 saturated heterocycles. The highest BCUT2D eigenvalue weighted by Gasteiger charge is 2.15. The summed E-state index contributed by atoms with van der Waals surface area (Å²) in [5.41, 5.74) is 11.5. The fraction of sp³-hybridized carbons (Fsp3) is 0.182. The molecule has 1 aromatic carbocycles. The summed E-state index contributed by atoms with van der Waals surface area (Å²) in [6.45, 7) is 0. The fourth-order valence-corrected chi connectivity index (χ4v) is 3.42. The second kappa shape index (κ2) is 7.50. The summed E-state index contributed by atoms with van der Waals surface area (Å²) in [6, 6.07) is 13.5. The number of pyridine rings is 1. The zero-order valence-electron chi connectivity index (χ0n) is 15.0. The number of carbonyl (C=O) groups is 1. The van der Waals surface area contributed by atoms with Gasteiger partial charge in [-0.1, -0.05) is 12.1 Å². The van der Waals surface area contributed by atoms with Gasteiger partial charge in [0, 0.05) is 29.2 Å². The number of anilines is 2. The highest BCUT2D eigenvalue weighted by Crippen LogP contribution is 2.35. The molecule has 4 rings (SSSR count). The van der Waals surface area contributed by atoms with E-state index in [4.69, 9.17) is 5.73 Å². The maximum Gasteiger partial charge on any atom is 0.272 e. The number of aromatic amines is 1. The molecule has 2 aromatic heterocycles. The van der Waals surface area contributed by atoms with Gasteiger partial charge in [-0.05, 0) is 73.2 Å². The molecular weight excluding hydrogens is 336 g/mol. The van der Waals surface area contributed by atoms with Crippen molar-refractivity contribution in [3.05, 3.63) is 72.2 Å². The lowest BCUT2D eigenvalue weighted by atomic mass is 9.90. The van der Waals surface area contributed by atoms with Gasteiger partial charge in [0.15, 0.2) is 0 Å². The van der Waals surface area contributed by atoms with Gasteiger partial charge in [-0.3, -0.25) is 4.79 Å². The van der Waals surface area contributed by atoms with Crippen LogP contribution in [0.3, 0.4) is 0 Å². The molecule has 1 amide bonds. The molecular formula is C22H22N4O. The van der Waals surface area contributed by atoms with Crippen LogP contribution in [0.25, 0.3) is 16.7 Å². The number of benzene rings is 1. The minimum absolute atomic E-state index is 0.139. The second-order valence-corrected chi connectivity index (χ2v) is 6.75. The van der Waals surface area contributed by atoms with Crippen LogP contribution in [0.4, 0.5) is 11.5 Å². The maximum absolute atomic E-state index is 12.5. The Morgan fingerprint density at radius 1 is 1.11 bits per heavy atom. The van der Waals surface area contributed by atoms with E-state index < -0.39 is 0 Å². The summed E-state index contributed by atoms with van der Waals surface area (Å²) in [4.78, 5) is 19.7. The lowest BCUT2D eigenvalue weighted by Gasteiger charge is -2.18. The van der Waals surface area contributed by atoms with Gasteiger partial charge < -0.3 is 16.0 Å². The molecule has 1 aliphatic rings. The minimum Gasteiger partial charge on any atom is -0.384 e. The van der Waals surface area contributed by atoms with E-state index in [1.54, 1.807) is 24.5 Å². The zero-order chi connectivity index (χ0) is 18.6. The van der Waals surface area contributed by atoms with Crippen LogP contribution >= 0.6 is 0 Å². The van der Waals surface area contributed by atoms with Crippen molar-refractivity contribution < 1.29 is 4.79 Å². The van der Waals surface area contributed by atoms with Crippen molar-refractivity contribution in [2.24, 2.45) is 0 Å². The lowest BCUT2D eigenvalue weighted by molar-refractivity contribution is 0.102. The van der Waals surface area contributed by atoms with Crippen LogP contribution in [0.15, 0.2) is 60.9 Å². The lowest BCUT2D eigenvalue weighted by Crippen LogP contribution is -2.13. The third-order valence-corrected chi connectivity index (χ3v) is 4.87. The van der Waals surface area contributed by atoms with Crippen LogP contribution in [0.2, 0.25) is 0 Å². The van der Waals surface area contributed by atoms with E-state index in [0.29, 0.717) is 11.5 Å². The number of aromatic nitrogens is 2. The Morgan fingerprint density at radius 3 is 2.70 bits per heavy atom. The third kappa shape index (κ3) is 3.77. The summed E-state index contributed by atoms with van der Waals surface area (Å²) in [6.07, 6.45) is 10.3. The molecule has 0 fully saturated rings. The van der Waals surface area contributed by atoms with Crippen LogP contribution in [0.1, 0.15) is 41.7 Å². The van der Waals surface area contributed by atoms with Gasteiger partial charge in [-0.15, -0.1) is 0 Å². The van der Waals surface area contributed by atoms with E-state index in [1.165, 1.54) is 18.4 Å². The van der Waals surface area contributed by atoms with Crippen molar-refractivity contribution in [2.75, 3.05) is 11.1 Å². The number of allylic oxidation sites excluding steroid dienone is 2. The van der Waals surface area contributed by atoms with E-state index in [2.05, 4.69) is 27.4 Å². The van der Waals surface area contributed by atoms with E-state index in [0.717, 1.165) is 35.2 Å². The molecule has 0 aliphatic heterocycles. The molecule has 0 bridgehead atoms. The summed E-state index contributed by atoms with van der Waals surface area (Å²) < 4.78 is 0. The predicted molar refractivity (Wildman–Crippen MR) is 109 cm³/mol. The number of carbonyl (C=O) groups excluding carboxylic acids is 1. The van der Waals surface area contributed by atoms with Crippen LogP contribution in [0, 0.1) is 0 Å². The van der Waals surface area contributed by atoms with Gasteiger partial charge in [0.2, 0.25) is 0 Å². The zero-order valence-corrected chi connectivity index (χ0v) is 15.0. The number of amides is 1. The molecule has 0 atom stereocenters. The van der Waals surface area contributed by atoms with Crippen LogP contribution in [-0.4, -0.2) is 15.9 Å². The van der Waals surface area contributed by atoms with E-state index in [-0.39, 0.29) is 5.91 Å². The van der Waals surface area contributed by atoms with Crippen LogP contribution in [-0.2, 0) is 0 Å². The van der Waals surface area contributed by atoms with E-state index >= 15 is 0 Å². The number of hydrogen-bond acceptors (Lipinski definition) is 3. The number of rotatable bonds is 4. The molecule has 4 N–H and O–H groups in total. The Kier molecular flexibility index (Phi) is 4.75. The maximum atomic E-state index is 12.5. The van der Waals surface area contributed by atoms with Crippen molar-refractivity contribution in [1.82, 2.24) is 9.97 Å². The van der Waals surface area contributed by atoms with Gasteiger partial charge >= 0.3 is 0 Å². The van der Waals surface area contributed by atoms with Crippen molar-refractivity contribution in [3.63, 3.8) is 0 Å². The standard InChI is InChI=1S/C22H22N4O/c23-21-11-9-17(14-25-21)16-8-10-19(26-22(27)20-7-4-12-24-20)18(13-16)15-5-2-1-3-6-15/h4-5,7-14,24H,1-3,6H2,(H2,23,25)(H,26,27). The van der Waals surface area contributed by atoms with Gasteiger partial charge in [-0.25, -0.2) is 4.98 Å². The Labute approximate surface area is 158 Å². The number of nitrogens with zero attached hydrogens (tertiary/aromatic N) is 1. The van der Waals surface area contributed by atoms with Gasteiger partial charge in [0.25, 0.3) is 5.91 Å². The SMILES string of the molecule is Nc1ccc(-c2ccc(NC(=O)c3ccc[nH]3)c(C3=CCCCC3)c2)cn1. The molecule has 3 aromatic rings. The first-order valence-electron chi connectivity index (χ1n) is 9.21. The van der Waals surface area contributed by atoms with Crippen LogP contribution < -0.4 is 11.1 Å². The van der Waals surface area contributed by atoms with Crippen molar-refractivity contribution in [2.45, 2.75) is 25.7 Å². The molecule has 136 valence electrons. The molecule has 0 unspecified atom stereocenters. The topological polar surface area (TPSA) is 83.8 Å². The predicted octanol–water partition coefficient (Wildman–Crippen LogP) is 4.87. The number of nitrogens with two attached hydrogens (primary N) is 1. The monoisotopic (exact) mass is 358 g/mol. The number of nitrogens with one attached hydrogen (secondary N) is 2. The highest BCUT2D eigenvalue weighted by atomic mass is 16.1. The van der Waals surface area contributed by atoms with Crippen molar-refractivity contribution >= 4 is 23.0 Å². The smallest absolute Gasteiger partial charge is 0.272 e. The molecule has 2 heterocycles. The number of H-pyrrole nitrogens is 1. The summed E-state index contributed by atoms with van der Waals surface area (Å²) in [7, 11) is 0. The first-order chi connectivity index (χ1) is 13.2. The highest BCUT2D eigenvalue weighted by molar-refractivity contribution is 6.04. The molecule has 5 heteroatoms. The number of hydrogen-bond donors (Lipinski definition) is 3. The fourth-order valence-electron chi connectivity index (χ4n) is 3.42. The molecule has 0 radical (unpaired) electrons. The molecule has 0 saturated carbocycles. The number of nitrogen functional groups attached to an aromatic ring is 1. The van der Waals surface area contributed by atoms with Gasteiger partial charge in [-0.2, -0.15) is 0 Å². The first kappa shape index (κ1) is 17.1. The normalized spacial score (nSPS) is 13.9.